The molecule has 1 nitrogen and oxygen atoms in total. The third-order valence-corrected chi connectivity index (χ3v) is 2.67. The summed E-state index contributed by atoms with van der Waals surface area (Å²) >= 11 is 0. The summed E-state index contributed by atoms with van der Waals surface area (Å²) in [4.78, 5) is 2.41. The Morgan fingerprint density at radius 3 is 2.11 bits per heavy atom. The van der Waals surface area contributed by atoms with E-state index >= 15 is 0 Å². The van der Waals surface area contributed by atoms with Gasteiger partial charge in [-0.3, -0.25) is 0 Å². The molecule has 1 saturated heterocycles. The van der Waals surface area contributed by atoms with Gasteiger partial charge in [0, 0.05) is 12.6 Å². The summed E-state index contributed by atoms with van der Waals surface area (Å²) in [5, 5.41) is 0. The van der Waals surface area contributed by atoms with E-state index < -0.39 is 0 Å². The van der Waals surface area contributed by atoms with Crippen molar-refractivity contribution < 1.29 is 0 Å². The first-order valence-corrected chi connectivity index (χ1v) is 3.83. The van der Waals surface area contributed by atoms with Crippen LogP contribution in [0.2, 0.25) is 0 Å². The predicted octanol–water partition coefficient (Wildman–Crippen LogP) is 1.59. The van der Waals surface area contributed by atoms with Gasteiger partial charge in [-0.1, -0.05) is 13.8 Å². The highest BCUT2D eigenvalue weighted by atomic mass is 15.2. The van der Waals surface area contributed by atoms with Crippen molar-refractivity contribution in [1.82, 2.24) is 4.90 Å². The van der Waals surface area contributed by atoms with E-state index in [0.717, 1.165) is 17.9 Å². The summed E-state index contributed by atoms with van der Waals surface area (Å²) in [6.07, 6.45) is 0. The van der Waals surface area contributed by atoms with E-state index in [1.165, 1.54) is 6.54 Å². The molecule has 2 unspecified atom stereocenters. The van der Waals surface area contributed by atoms with E-state index in [2.05, 4.69) is 32.7 Å². The minimum absolute atomic E-state index is 0.824. The fraction of sp³-hybridized carbons (Fsp3) is 1.00. The molecule has 9 heavy (non-hydrogen) atoms. The first-order valence-electron chi connectivity index (χ1n) is 3.83. The molecule has 0 radical (unpaired) electrons. The second-order valence-corrected chi connectivity index (χ2v) is 3.59. The summed E-state index contributed by atoms with van der Waals surface area (Å²) in [7, 11) is 2.20. The predicted molar refractivity (Wildman–Crippen MR) is 40.4 cm³/mol. The monoisotopic (exact) mass is 127 g/mol. The molecule has 54 valence electrons. The second-order valence-electron chi connectivity index (χ2n) is 3.59. The average Bonchev–Trinajstić information content (AvgIpc) is 1.81. The van der Waals surface area contributed by atoms with Crippen LogP contribution in [0.1, 0.15) is 20.8 Å². The Morgan fingerprint density at radius 1 is 1.44 bits per heavy atom. The molecule has 2 atom stereocenters. The summed E-state index contributed by atoms with van der Waals surface area (Å²) in [5.74, 6) is 1.83. The molecular weight excluding hydrogens is 110 g/mol. The molecule has 1 aliphatic rings. The van der Waals surface area contributed by atoms with Crippen molar-refractivity contribution in [3.63, 3.8) is 0 Å². The van der Waals surface area contributed by atoms with Crippen molar-refractivity contribution in [2.75, 3.05) is 13.6 Å². The largest absolute Gasteiger partial charge is 0.303 e. The molecule has 0 saturated carbocycles. The average molecular weight is 127 g/mol. The first-order chi connectivity index (χ1) is 4.13. The Kier molecular flexibility index (Phi) is 1.80. The van der Waals surface area contributed by atoms with Crippen LogP contribution in [0, 0.1) is 11.8 Å². The fourth-order valence-corrected chi connectivity index (χ4v) is 1.61. The molecule has 0 aliphatic carbocycles. The van der Waals surface area contributed by atoms with Crippen LogP contribution in [0.25, 0.3) is 0 Å². The number of rotatable bonds is 1. The Balaban J connectivity index is 2.33. The Labute approximate surface area is 58.0 Å². The second kappa shape index (κ2) is 2.30. The van der Waals surface area contributed by atoms with Gasteiger partial charge in [0.2, 0.25) is 0 Å². The quantitative estimate of drug-likeness (QED) is 0.517. The molecule has 1 rings (SSSR count). The smallest absolute Gasteiger partial charge is 0.0107 e. The molecule has 0 aromatic heterocycles. The lowest BCUT2D eigenvalue weighted by molar-refractivity contribution is 0.0244. The van der Waals surface area contributed by atoms with Crippen LogP contribution in [-0.4, -0.2) is 24.5 Å². The van der Waals surface area contributed by atoms with Crippen molar-refractivity contribution in [1.29, 1.82) is 0 Å². The summed E-state index contributed by atoms with van der Waals surface area (Å²) in [6.45, 7) is 8.25. The van der Waals surface area contributed by atoms with Gasteiger partial charge in [-0.15, -0.1) is 0 Å². The standard InChI is InChI=1S/C8H17N/c1-6(2)8-5-9(4)7(8)3/h6-8H,5H2,1-4H3. The lowest BCUT2D eigenvalue weighted by Crippen LogP contribution is -2.53. The fourth-order valence-electron chi connectivity index (χ4n) is 1.61. The zero-order valence-electron chi connectivity index (χ0n) is 6.89. The number of hydrogen-bond acceptors (Lipinski definition) is 1. The van der Waals surface area contributed by atoms with Crippen LogP contribution >= 0.6 is 0 Å². The Morgan fingerprint density at radius 2 is 2.00 bits per heavy atom. The van der Waals surface area contributed by atoms with Gasteiger partial charge < -0.3 is 4.90 Å². The Hall–Kier alpha value is -0.0400. The van der Waals surface area contributed by atoms with Crippen molar-refractivity contribution in [3.05, 3.63) is 0 Å². The zero-order chi connectivity index (χ0) is 7.02. The normalized spacial score (nSPS) is 37.0. The molecule has 0 N–H and O–H groups in total. The summed E-state index contributed by atoms with van der Waals surface area (Å²) in [5.41, 5.74) is 0. The molecule has 0 spiro atoms. The lowest BCUT2D eigenvalue weighted by atomic mass is 9.82. The van der Waals surface area contributed by atoms with Gasteiger partial charge in [0.25, 0.3) is 0 Å². The van der Waals surface area contributed by atoms with Gasteiger partial charge >= 0.3 is 0 Å². The van der Waals surface area contributed by atoms with Crippen molar-refractivity contribution in [2.45, 2.75) is 26.8 Å². The maximum Gasteiger partial charge on any atom is 0.0107 e. The molecule has 0 bridgehead atoms. The Bertz CT molecular complexity index is 98.7. The van der Waals surface area contributed by atoms with Gasteiger partial charge in [0.05, 0.1) is 0 Å². The molecule has 1 heteroatoms. The molecule has 1 aliphatic heterocycles. The topological polar surface area (TPSA) is 3.24 Å². The van der Waals surface area contributed by atoms with E-state index in [1.807, 2.05) is 0 Å². The highest BCUT2D eigenvalue weighted by molar-refractivity contribution is 4.87. The molecule has 1 fully saturated rings. The number of likely N-dealkylation sites (tertiary alicyclic amines) is 1. The van der Waals surface area contributed by atoms with E-state index in [1.54, 1.807) is 0 Å². The van der Waals surface area contributed by atoms with Gasteiger partial charge in [0.15, 0.2) is 0 Å². The molecular formula is C8H17N. The van der Waals surface area contributed by atoms with Crippen LogP contribution < -0.4 is 0 Å². The van der Waals surface area contributed by atoms with Crippen LogP contribution in [0.15, 0.2) is 0 Å². The number of nitrogens with zero attached hydrogens (tertiary/aromatic N) is 1. The van der Waals surface area contributed by atoms with E-state index in [-0.39, 0.29) is 0 Å². The molecule has 0 aromatic carbocycles. The highest BCUT2D eigenvalue weighted by Gasteiger charge is 2.33. The minimum Gasteiger partial charge on any atom is -0.303 e. The van der Waals surface area contributed by atoms with Crippen LogP contribution in [0.4, 0.5) is 0 Å². The molecule has 1 heterocycles. The van der Waals surface area contributed by atoms with Crippen LogP contribution in [0.3, 0.4) is 0 Å². The van der Waals surface area contributed by atoms with Crippen LogP contribution in [0.5, 0.6) is 0 Å². The highest BCUT2D eigenvalue weighted by Crippen LogP contribution is 2.28. The third-order valence-electron chi connectivity index (χ3n) is 2.67. The van der Waals surface area contributed by atoms with E-state index in [4.69, 9.17) is 0 Å². The first kappa shape index (κ1) is 7.07. The van der Waals surface area contributed by atoms with E-state index in [9.17, 15) is 0 Å². The lowest BCUT2D eigenvalue weighted by Gasteiger charge is -2.46. The maximum atomic E-state index is 2.41. The SMILES string of the molecule is CC(C)C1CN(C)C1C. The summed E-state index contributed by atoms with van der Waals surface area (Å²) < 4.78 is 0. The van der Waals surface area contributed by atoms with Crippen LogP contribution in [-0.2, 0) is 0 Å². The molecule has 0 aromatic rings. The summed E-state index contributed by atoms with van der Waals surface area (Å²) in [6, 6.07) is 0.824. The van der Waals surface area contributed by atoms with Crippen molar-refractivity contribution in [3.8, 4) is 0 Å². The van der Waals surface area contributed by atoms with Gasteiger partial charge in [-0.25, -0.2) is 0 Å². The van der Waals surface area contributed by atoms with Crippen molar-refractivity contribution in [2.24, 2.45) is 11.8 Å². The number of hydrogen-bond donors (Lipinski definition) is 0. The van der Waals surface area contributed by atoms with Gasteiger partial charge in [-0.2, -0.15) is 0 Å². The van der Waals surface area contributed by atoms with Gasteiger partial charge in [-0.05, 0) is 25.8 Å². The van der Waals surface area contributed by atoms with Gasteiger partial charge in [0.1, 0.15) is 0 Å². The maximum absolute atomic E-state index is 2.41. The van der Waals surface area contributed by atoms with Crippen molar-refractivity contribution >= 4 is 0 Å². The third kappa shape index (κ3) is 1.11. The van der Waals surface area contributed by atoms with E-state index in [0.29, 0.717) is 0 Å². The zero-order valence-corrected chi connectivity index (χ0v) is 6.89. The minimum atomic E-state index is 0.824. The molecule has 0 amide bonds.